The van der Waals surface area contributed by atoms with Crippen molar-refractivity contribution in [2.75, 3.05) is 13.6 Å². The van der Waals surface area contributed by atoms with Crippen LogP contribution in [0.1, 0.15) is 19.3 Å². The maximum atomic E-state index is 9.96. The van der Waals surface area contributed by atoms with Gasteiger partial charge in [-0.15, -0.1) is 0 Å². The second-order valence-electron chi connectivity index (χ2n) is 3.18. The summed E-state index contributed by atoms with van der Waals surface area (Å²) in [6, 6.07) is 0.515. The Hall–Kier alpha value is -0.900. The Kier molecular flexibility index (Phi) is 3.22. The van der Waals surface area contributed by atoms with Gasteiger partial charge in [0.25, 0.3) is 0 Å². The van der Waals surface area contributed by atoms with E-state index >= 15 is 0 Å². The van der Waals surface area contributed by atoms with Gasteiger partial charge in [-0.1, -0.05) is 0 Å². The third-order valence-corrected chi connectivity index (χ3v) is 2.31. The summed E-state index contributed by atoms with van der Waals surface area (Å²) in [5.41, 5.74) is 0. The summed E-state index contributed by atoms with van der Waals surface area (Å²) < 4.78 is 0. The molecule has 0 aromatic heterocycles. The number of likely N-dealkylation sites (tertiary alicyclic amines) is 1. The van der Waals surface area contributed by atoms with Gasteiger partial charge in [0.2, 0.25) is 6.20 Å². The molecule has 1 aliphatic rings. The second kappa shape index (κ2) is 4.21. The summed E-state index contributed by atoms with van der Waals surface area (Å²) in [4.78, 5) is 11.8. The maximum absolute atomic E-state index is 9.96. The molecule has 0 aromatic rings. The minimum atomic E-state index is -0.408. The Labute approximate surface area is 72.0 Å². The van der Waals surface area contributed by atoms with Crippen molar-refractivity contribution in [3.05, 3.63) is 22.4 Å². The van der Waals surface area contributed by atoms with E-state index in [2.05, 4.69) is 11.9 Å². The molecule has 12 heavy (non-hydrogen) atoms. The van der Waals surface area contributed by atoms with Gasteiger partial charge in [0.15, 0.2) is 0 Å². The van der Waals surface area contributed by atoms with Crippen LogP contribution in [0.15, 0.2) is 12.3 Å². The summed E-state index contributed by atoms with van der Waals surface area (Å²) in [5.74, 6) is 0. The summed E-state index contributed by atoms with van der Waals surface area (Å²) in [5, 5.41) is 9.96. The van der Waals surface area contributed by atoms with E-state index in [0.29, 0.717) is 6.04 Å². The molecule has 68 valence electrons. The van der Waals surface area contributed by atoms with Crippen molar-refractivity contribution in [1.29, 1.82) is 0 Å². The lowest BCUT2D eigenvalue weighted by Gasteiger charge is -2.16. The molecule has 0 aromatic carbocycles. The molecule has 0 saturated carbocycles. The van der Waals surface area contributed by atoms with Gasteiger partial charge in [-0.3, -0.25) is 10.1 Å². The second-order valence-corrected chi connectivity index (χ2v) is 3.18. The van der Waals surface area contributed by atoms with E-state index in [1.807, 2.05) is 0 Å². The van der Waals surface area contributed by atoms with E-state index in [1.165, 1.54) is 12.8 Å². The minimum Gasteiger partial charge on any atom is -0.303 e. The average Bonchev–Trinajstić information content (AvgIpc) is 2.36. The lowest BCUT2D eigenvalue weighted by Crippen LogP contribution is -2.23. The Morgan fingerprint density at radius 3 is 3.00 bits per heavy atom. The Morgan fingerprint density at radius 2 is 2.50 bits per heavy atom. The first-order chi connectivity index (χ1) is 5.70. The highest BCUT2D eigenvalue weighted by atomic mass is 16.6. The molecule has 4 nitrogen and oxygen atoms in total. The molecule has 0 aliphatic carbocycles. The zero-order chi connectivity index (χ0) is 8.97. The highest BCUT2D eigenvalue weighted by Crippen LogP contribution is 2.17. The first-order valence-corrected chi connectivity index (χ1v) is 4.20. The van der Waals surface area contributed by atoms with Crippen molar-refractivity contribution in [3.63, 3.8) is 0 Å². The van der Waals surface area contributed by atoms with Crippen LogP contribution >= 0.6 is 0 Å². The largest absolute Gasteiger partial charge is 0.303 e. The van der Waals surface area contributed by atoms with Crippen LogP contribution < -0.4 is 0 Å². The normalized spacial score (nSPS) is 25.2. The Balaban J connectivity index is 2.26. The fourth-order valence-corrected chi connectivity index (χ4v) is 1.58. The van der Waals surface area contributed by atoms with E-state index in [0.717, 1.165) is 19.2 Å². The lowest BCUT2D eigenvalue weighted by atomic mass is 10.1. The highest BCUT2D eigenvalue weighted by molar-refractivity contribution is 4.85. The third-order valence-electron chi connectivity index (χ3n) is 2.31. The van der Waals surface area contributed by atoms with Crippen molar-refractivity contribution in [1.82, 2.24) is 4.90 Å². The molecule has 0 spiro atoms. The lowest BCUT2D eigenvalue weighted by molar-refractivity contribution is -0.402. The summed E-state index contributed by atoms with van der Waals surface area (Å²) in [6.07, 6.45) is 5.86. The van der Waals surface area contributed by atoms with Gasteiger partial charge in [-0.05, 0) is 38.9 Å². The van der Waals surface area contributed by atoms with Crippen LogP contribution in [0.5, 0.6) is 0 Å². The van der Waals surface area contributed by atoms with Gasteiger partial charge in [0, 0.05) is 6.04 Å². The number of rotatable bonds is 3. The van der Waals surface area contributed by atoms with Crippen LogP contribution in [-0.2, 0) is 0 Å². The van der Waals surface area contributed by atoms with Crippen LogP contribution in [-0.4, -0.2) is 29.5 Å². The van der Waals surface area contributed by atoms with Crippen LogP contribution in [0.25, 0.3) is 0 Å². The van der Waals surface area contributed by atoms with E-state index < -0.39 is 4.92 Å². The van der Waals surface area contributed by atoms with Crippen molar-refractivity contribution < 1.29 is 4.92 Å². The molecule has 1 atom stereocenters. The van der Waals surface area contributed by atoms with Crippen LogP contribution in [0.4, 0.5) is 0 Å². The average molecular weight is 170 g/mol. The summed E-state index contributed by atoms with van der Waals surface area (Å²) >= 11 is 0. The molecule has 0 N–H and O–H groups in total. The molecule has 0 radical (unpaired) electrons. The van der Waals surface area contributed by atoms with Gasteiger partial charge in [0.1, 0.15) is 0 Å². The molecule has 4 heteroatoms. The molecule has 1 rings (SSSR count). The third kappa shape index (κ3) is 2.62. The molecule has 1 fully saturated rings. The van der Waals surface area contributed by atoms with Gasteiger partial charge in [0.05, 0.1) is 4.92 Å². The quantitative estimate of drug-likeness (QED) is 0.473. The van der Waals surface area contributed by atoms with Crippen LogP contribution in [0, 0.1) is 10.1 Å². The molecule has 0 amide bonds. The molecular weight excluding hydrogens is 156 g/mol. The number of hydrogen-bond donors (Lipinski definition) is 0. The van der Waals surface area contributed by atoms with Crippen molar-refractivity contribution in [2.24, 2.45) is 0 Å². The Bertz CT molecular complexity index is 191. The van der Waals surface area contributed by atoms with Crippen LogP contribution in [0.3, 0.4) is 0 Å². The molecule has 1 heterocycles. The predicted molar refractivity (Wildman–Crippen MR) is 46.4 cm³/mol. The summed E-state index contributed by atoms with van der Waals surface area (Å²) in [7, 11) is 2.07. The van der Waals surface area contributed by atoms with Gasteiger partial charge >= 0.3 is 0 Å². The molecular formula is C8H14N2O2. The smallest absolute Gasteiger partial charge is 0.230 e. The topological polar surface area (TPSA) is 46.4 Å². The number of nitrogens with zero attached hydrogens (tertiary/aromatic N) is 2. The fraction of sp³-hybridized carbons (Fsp3) is 0.750. The van der Waals surface area contributed by atoms with E-state index in [1.54, 1.807) is 6.08 Å². The van der Waals surface area contributed by atoms with Crippen molar-refractivity contribution >= 4 is 0 Å². The van der Waals surface area contributed by atoms with Crippen LogP contribution in [0.2, 0.25) is 0 Å². The van der Waals surface area contributed by atoms with Gasteiger partial charge < -0.3 is 4.90 Å². The van der Waals surface area contributed by atoms with E-state index in [4.69, 9.17) is 0 Å². The minimum absolute atomic E-state index is 0.408. The predicted octanol–water partition coefficient (Wildman–Crippen LogP) is 1.26. The molecule has 1 saturated heterocycles. The monoisotopic (exact) mass is 170 g/mol. The van der Waals surface area contributed by atoms with E-state index in [9.17, 15) is 10.1 Å². The first-order valence-electron chi connectivity index (χ1n) is 4.20. The molecule has 0 bridgehead atoms. The standard InChI is InChI=1S/C8H14N2O2/c1-9-6-2-4-8(9)5-3-7-10(11)12/h3,7-8H,2,4-6H2,1H3/b7-3+. The van der Waals surface area contributed by atoms with Crippen molar-refractivity contribution in [2.45, 2.75) is 25.3 Å². The zero-order valence-corrected chi connectivity index (χ0v) is 7.27. The van der Waals surface area contributed by atoms with Gasteiger partial charge in [-0.2, -0.15) is 0 Å². The van der Waals surface area contributed by atoms with E-state index in [-0.39, 0.29) is 0 Å². The Morgan fingerprint density at radius 1 is 1.75 bits per heavy atom. The van der Waals surface area contributed by atoms with Crippen molar-refractivity contribution in [3.8, 4) is 0 Å². The molecule has 1 aliphatic heterocycles. The zero-order valence-electron chi connectivity index (χ0n) is 7.27. The fourth-order valence-electron chi connectivity index (χ4n) is 1.58. The molecule has 1 unspecified atom stereocenters. The number of nitro groups is 1. The van der Waals surface area contributed by atoms with Gasteiger partial charge in [-0.25, -0.2) is 0 Å². The first kappa shape index (κ1) is 9.19. The highest BCUT2D eigenvalue weighted by Gasteiger charge is 2.19. The number of hydrogen-bond acceptors (Lipinski definition) is 3. The maximum Gasteiger partial charge on any atom is 0.230 e. The summed E-state index contributed by atoms with van der Waals surface area (Å²) in [6.45, 7) is 1.12. The SMILES string of the molecule is CN1CCCC1C/C=C/[N+](=O)[O-].